The molecule has 0 aliphatic rings. The second-order valence-electron chi connectivity index (χ2n) is 4.37. The molecule has 0 aliphatic carbocycles. The number of halogens is 1. The molecule has 0 saturated heterocycles. The molecule has 0 fully saturated rings. The maximum Gasteiger partial charge on any atom is 0.179 e. The van der Waals surface area contributed by atoms with Crippen LogP contribution in [0.25, 0.3) is 12.2 Å². The highest BCUT2D eigenvalue weighted by Crippen LogP contribution is 2.24. The molecule has 0 spiro atoms. The predicted molar refractivity (Wildman–Crippen MR) is 79.1 cm³/mol. The summed E-state index contributed by atoms with van der Waals surface area (Å²) in [5.74, 6) is 1.56. The number of methoxy groups -OCH3 is 2. The summed E-state index contributed by atoms with van der Waals surface area (Å²) >= 11 is 0. The predicted octanol–water partition coefficient (Wildman–Crippen LogP) is -0.543. The van der Waals surface area contributed by atoms with Crippen LogP contribution in [0.1, 0.15) is 11.1 Å². The summed E-state index contributed by atoms with van der Waals surface area (Å²) in [6, 6.07) is 10.9. The van der Waals surface area contributed by atoms with Gasteiger partial charge < -0.3 is 32.7 Å². The molecule has 0 bridgehead atoms. The molecule has 4 N–H and O–H groups in total. The number of hydrogen-bond donors (Lipinski definition) is 2. The Kier molecular flexibility index (Phi) is 6.09. The van der Waals surface area contributed by atoms with Crippen LogP contribution in [0.2, 0.25) is 0 Å². The van der Waals surface area contributed by atoms with Crippen LogP contribution < -0.4 is 27.6 Å². The molecule has 0 heterocycles. The van der Waals surface area contributed by atoms with Crippen LogP contribution in [0.3, 0.4) is 0 Å². The largest absolute Gasteiger partial charge is 1.00 e. The van der Waals surface area contributed by atoms with Gasteiger partial charge in [0.1, 0.15) is 11.5 Å². The van der Waals surface area contributed by atoms with Gasteiger partial charge in [-0.25, -0.2) is 0 Å². The van der Waals surface area contributed by atoms with Crippen molar-refractivity contribution in [2.24, 2.45) is 0 Å². The maximum absolute atomic E-state index is 9.59. The Bertz CT molecular complexity index is 641. The van der Waals surface area contributed by atoms with E-state index in [0.29, 0.717) is 5.75 Å². The summed E-state index contributed by atoms with van der Waals surface area (Å²) < 4.78 is 10.3. The van der Waals surface area contributed by atoms with Crippen molar-refractivity contribution in [2.75, 3.05) is 14.2 Å². The van der Waals surface area contributed by atoms with Gasteiger partial charge in [0, 0.05) is 12.1 Å². The molecule has 0 unspecified atom stereocenters. The number of ether oxygens (including phenoxy) is 2. The Labute approximate surface area is 130 Å². The normalized spacial score (nSPS) is 10.2. The first-order valence-corrected chi connectivity index (χ1v) is 6.18. The van der Waals surface area contributed by atoms with Gasteiger partial charge in [-0.05, 0) is 29.3 Å². The monoisotopic (exact) mass is 307 g/mol. The summed E-state index contributed by atoms with van der Waals surface area (Å²) in [6.45, 7) is 0. The molecule has 0 atom stereocenters. The lowest BCUT2D eigenvalue weighted by atomic mass is 10.1. The van der Waals surface area contributed by atoms with Crippen molar-refractivity contribution in [3.05, 3.63) is 47.5 Å². The molecule has 0 aromatic heterocycles. The first-order valence-electron chi connectivity index (χ1n) is 6.18. The van der Waals surface area contributed by atoms with E-state index in [0.717, 1.165) is 22.6 Å². The van der Waals surface area contributed by atoms with Gasteiger partial charge in [-0.3, -0.25) is 0 Å². The second-order valence-corrected chi connectivity index (χ2v) is 4.37. The van der Waals surface area contributed by atoms with Gasteiger partial charge in [0.15, 0.2) is 11.4 Å². The van der Waals surface area contributed by atoms with Gasteiger partial charge >= 0.3 is 0 Å². The number of aromatic hydroxyl groups is 1. The molecule has 0 aliphatic heterocycles. The van der Waals surface area contributed by atoms with Crippen LogP contribution in [0.4, 0.5) is 5.69 Å². The standard InChI is InChI=1S/C16H17NO3.ClH/c1-19-14-8-12(7-13(18)10-14)4-3-11-5-6-16(20-2)15(17)9-11;/h3-10,18H,17H2,1-2H3;1H/b4-3-;. The molecular formula is C16H18ClNO3. The van der Waals surface area contributed by atoms with E-state index < -0.39 is 0 Å². The zero-order valence-corrected chi connectivity index (χ0v) is 12.7. The van der Waals surface area contributed by atoms with Crippen molar-refractivity contribution in [1.29, 1.82) is 0 Å². The van der Waals surface area contributed by atoms with Crippen molar-refractivity contribution in [3.8, 4) is 17.2 Å². The molecule has 0 amide bonds. The van der Waals surface area contributed by atoms with E-state index in [-0.39, 0.29) is 18.2 Å². The lowest BCUT2D eigenvalue weighted by molar-refractivity contribution is -0.256. The number of rotatable bonds is 4. The fraction of sp³-hybridized carbons (Fsp3) is 0.125. The van der Waals surface area contributed by atoms with Crippen molar-refractivity contribution >= 4 is 17.8 Å². The SMILES string of the molecule is COc1cc(O)cc(/C=C\c2ccc(OC)c([NH3+])c2)c1.[Cl-]. The topological polar surface area (TPSA) is 66.3 Å². The van der Waals surface area contributed by atoms with Gasteiger partial charge in [0.25, 0.3) is 0 Å². The summed E-state index contributed by atoms with van der Waals surface area (Å²) in [5.41, 5.74) is 6.64. The zero-order valence-electron chi connectivity index (χ0n) is 12.0. The fourth-order valence-electron chi connectivity index (χ4n) is 1.91. The van der Waals surface area contributed by atoms with Gasteiger partial charge in [0.05, 0.1) is 14.2 Å². The minimum atomic E-state index is 0. The summed E-state index contributed by atoms with van der Waals surface area (Å²) in [7, 11) is 3.19. The van der Waals surface area contributed by atoms with Crippen LogP contribution in [0.15, 0.2) is 36.4 Å². The molecule has 2 rings (SSSR count). The van der Waals surface area contributed by atoms with Crippen LogP contribution in [-0.2, 0) is 0 Å². The van der Waals surface area contributed by atoms with Crippen LogP contribution in [0, 0.1) is 0 Å². The van der Waals surface area contributed by atoms with E-state index in [1.165, 1.54) is 0 Å². The lowest BCUT2D eigenvalue weighted by Gasteiger charge is -2.03. The van der Waals surface area contributed by atoms with Crippen molar-refractivity contribution < 1.29 is 32.7 Å². The van der Waals surface area contributed by atoms with Crippen molar-refractivity contribution in [3.63, 3.8) is 0 Å². The van der Waals surface area contributed by atoms with Crippen LogP contribution in [-0.4, -0.2) is 19.3 Å². The fourth-order valence-corrected chi connectivity index (χ4v) is 1.91. The second kappa shape index (κ2) is 7.57. The van der Waals surface area contributed by atoms with E-state index in [1.807, 2.05) is 36.4 Å². The Hall–Kier alpha value is -2.17. The summed E-state index contributed by atoms with van der Waals surface area (Å²) in [5, 5.41) is 9.59. The van der Waals surface area contributed by atoms with Gasteiger partial charge in [-0.1, -0.05) is 18.2 Å². The van der Waals surface area contributed by atoms with Crippen LogP contribution >= 0.6 is 0 Å². The van der Waals surface area contributed by atoms with Gasteiger partial charge in [-0.2, -0.15) is 0 Å². The Morgan fingerprint density at radius 2 is 1.67 bits per heavy atom. The third-order valence-electron chi connectivity index (χ3n) is 2.92. The zero-order chi connectivity index (χ0) is 14.5. The number of quaternary nitrogens is 1. The number of hydrogen-bond acceptors (Lipinski definition) is 3. The highest BCUT2D eigenvalue weighted by molar-refractivity contribution is 5.72. The third-order valence-corrected chi connectivity index (χ3v) is 2.92. The molecular weight excluding hydrogens is 290 g/mol. The number of phenolic OH excluding ortho intramolecular Hbond substituents is 1. The maximum atomic E-state index is 9.59. The van der Waals surface area contributed by atoms with E-state index in [4.69, 9.17) is 9.47 Å². The molecule has 0 radical (unpaired) electrons. The van der Waals surface area contributed by atoms with E-state index in [2.05, 4.69) is 5.73 Å². The Balaban J connectivity index is 0.00000220. The first-order chi connectivity index (χ1) is 9.62. The molecule has 2 aromatic carbocycles. The highest BCUT2D eigenvalue weighted by Gasteiger charge is 2.02. The number of benzene rings is 2. The van der Waals surface area contributed by atoms with Crippen molar-refractivity contribution in [2.45, 2.75) is 0 Å². The Morgan fingerprint density at radius 1 is 0.952 bits per heavy atom. The molecule has 112 valence electrons. The van der Waals surface area contributed by atoms with Gasteiger partial charge in [-0.15, -0.1) is 0 Å². The molecule has 5 heteroatoms. The average Bonchev–Trinajstić information content (AvgIpc) is 2.44. The van der Waals surface area contributed by atoms with E-state index in [9.17, 15) is 5.11 Å². The minimum Gasteiger partial charge on any atom is -1.00 e. The molecule has 0 saturated carbocycles. The minimum absolute atomic E-state index is 0. The molecule has 21 heavy (non-hydrogen) atoms. The molecule has 4 nitrogen and oxygen atoms in total. The molecule has 2 aromatic rings. The van der Waals surface area contributed by atoms with Crippen LogP contribution in [0.5, 0.6) is 17.2 Å². The third kappa shape index (κ3) is 4.41. The van der Waals surface area contributed by atoms with Gasteiger partial charge in [0.2, 0.25) is 0 Å². The van der Waals surface area contributed by atoms with E-state index >= 15 is 0 Å². The smallest absolute Gasteiger partial charge is 0.179 e. The summed E-state index contributed by atoms with van der Waals surface area (Å²) in [6.07, 6.45) is 3.85. The number of phenols is 1. The average molecular weight is 308 g/mol. The first kappa shape index (κ1) is 16.9. The Morgan fingerprint density at radius 3 is 2.29 bits per heavy atom. The van der Waals surface area contributed by atoms with Crippen molar-refractivity contribution in [1.82, 2.24) is 0 Å². The lowest BCUT2D eigenvalue weighted by Crippen LogP contribution is -3.00. The van der Waals surface area contributed by atoms with E-state index in [1.54, 1.807) is 26.4 Å². The highest BCUT2D eigenvalue weighted by atomic mass is 35.5. The summed E-state index contributed by atoms with van der Waals surface area (Å²) in [4.78, 5) is 0. The quantitative estimate of drug-likeness (QED) is 0.746.